The monoisotopic (exact) mass is 134 g/mol. The van der Waals surface area contributed by atoms with Crippen LogP contribution >= 0.6 is 19.4 Å². The largest absolute Gasteiger partial charge is 0.416 e. The van der Waals surface area contributed by atoms with E-state index in [1.807, 2.05) is 0 Å². The fourth-order valence-corrected chi connectivity index (χ4v) is 0. The molecule has 0 atom stereocenters. The number of rotatable bonds is 1. The predicted molar refractivity (Wildman–Crippen MR) is 20.5 cm³/mol. The second-order valence-electron chi connectivity index (χ2n) is 0.690. The molecule has 0 aromatic carbocycles. The Labute approximate surface area is 38.9 Å². The van der Waals surface area contributed by atoms with Crippen LogP contribution in [0, 0.1) is 0 Å². The quantitative estimate of drug-likeness (QED) is 0.397. The van der Waals surface area contributed by atoms with Crippen LogP contribution in [0.4, 0.5) is 8.39 Å². The van der Waals surface area contributed by atoms with Crippen LogP contribution in [0.15, 0.2) is 0 Å². The standard InChI is InChI=1S/CH2ClF2OP/c2-1-6(3,4)5/h1H2. The summed E-state index contributed by atoms with van der Waals surface area (Å²) in [5.41, 5.74) is -1.03. The van der Waals surface area contributed by atoms with E-state index >= 15 is 0 Å². The van der Waals surface area contributed by atoms with Crippen molar-refractivity contribution in [1.29, 1.82) is 0 Å². The lowest BCUT2D eigenvalue weighted by molar-refractivity contribution is 0.500. The van der Waals surface area contributed by atoms with Gasteiger partial charge in [0.1, 0.15) is 5.62 Å². The molecule has 6 heavy (non-hydrogen) atoms. The molecule has 0 fully saturated rings. The number of alkyl halides is 1. The van der Waals surface area contributed by atoms with Gasteiger partial charge in [-0.2, -0.15) is 8.39 Å². The van der Waals surface area contributed by atoms with Crippen molar-refractivity contribution >= 4 is 19.4 Å². The first-order valence-electron chi connectivity index (χ1n) is 1.10. The van der Waals surface area contributed by atoms with Gasteiger partial charge in [0.2, 0.25) is 0 Å². The zero-order valence-electron chi connectivity index (χ0n) is 2.70. The smallest absolute Gasteiger partial charge is 0.249 e. The van der Waals surface area contributed by atoms with Crippen molar-refractivity contribution in [3.8, 4) is 0 Å². The van der Waals surface area contributed by atoms with Gasteiger partial charge in [-0.05, 0) is 0 Å². The summed E-state index contributed by atoms with van der Waals surface area (Å²) in [6.45, 7) is 0. The fourth-order valence-electron chi connectivity index (χ4n) is 0. The average Bonchev–Trinajstić information content (AvgIpc) is 1.35. The van der Waals surface area contributed by atoms with Crippen molar-refractivity contribution in [3.63, 3.8) is 0 Å². The van der Waals surface area contributed by atoms with E-state index in [-0.39, 0.29) is 0 Å². The summed E-state index contributed by atoms with van der Waals surface area (Å²) in [7, 11) is -4.88. The zero-order valence-corrected chi connectivity index (χ0v) is 4.35. The topological polar surface area (TPSA) is 17.1 Å². The predicted octanol–water partition coefficient (Wildman–Crippen LogP) is 2.31. The van der Waals surface area contributed by atoms with E-state index in [9.17, 15) is 8.39 Å². The summed E-state index contributed by atoms with van der Waals surface area (Å²) in [6, 6.07) is 0. The van der Waals surface area contributed by atoms with Gasteiger partial charge in [-0.3, -0.25) is 0 Å². The van der Waals surface area contributed by atoms with E-state index in [1.165, 1.54) is 0 Å². The lowest BCUT2D eigenvalue weighted by atomic mass is 11.9. The third kappa shape index (κ3) is 4.38. The summed E-state index contributed by atoms with van der Waals surface area (Å²) in [5.74, 6) is 0. The third-order valence-corrected chi connectivity index (χ3v) is 1.25. The summed E-state index contributed by atoms with van der Waals surface area (Å²) in [4.78, 5) is 0. The van der Waals surface area contributed by atoms with Gasteiger partial charge in [-0.25, -0.2) is 4.57 Å². The highest BCUT2D eigenvalue weighted by Crippen LogP contribution is 2.49. The molecule has 0 saturated heterocycles. The molecule has 0 N–H and O–H groups in total. The molecule has 0 unspecified atom stereocenters. The molecule has 0 rings (SSSR count). The third-order valence-electron chi connectivity index (χ3n) is 0.139. The minimum atomic E-state index is -4.88. The maximum absolute atomic E-state index is 10.9. The van der Waals surface area contributed by atoms with Crippen molar-refractivity contribution < 1.29 is 13.0 Å². The second-order valence-corrected chi connectivity index (χ2v) is 2.79. The van der Waals surface area contributed by atoms with E-state index in [2.05, 4.69) is 11.6 Å². The Kier molecular flexibility index (Phi) is 2.02. The molecule has 0 aliphatic heterocycles. The summed E-state index contributed by atoms with van der Waals surface area (Å²) in [5, 5.41) is 0. The van der Waals surface area contributed by atoms with E-state index in [1.54, 1.807) is 0 Å². The minimum absolute atomic E-state index is 1.03. The van der Waals surface area contributed by atoms with Crippen LogP contribution in [0.1, 0.15) is 0 Å². The Balaban J connectivity index is 3.48. The van der Waals surface area contributed by atoms with E-state index in [0.717, 1.165) is 0 Å². The molecule has 0 heterocycles. The van der Waals surface area contributed by atoms with Gasteiger partial charge < -0.3 is 0 Å². The molecule has 0 aromatic rings. The molecule has 0 saturated carbocycles. The summed E-state index contributed by atoms with van der Waals surface area (Å²) >= 11 is 4.46. The summed E-state index contributed by atoms with van der Waals surface area (Å²) < 4.78 is 30.9. The van der Waals surface area contributed by atoms with Gasteiger partial charge in [0, 0.05) is 0 Å². The van der Waals surface area contributed by atoms with Crippen LogP contribution < -0.4 is 0 Å². The molecule has 1 nitrogen and oxygen atoms in total. The highest BCUT2D eigenvalue weighted by Gasteiger charge is 2.14. The lowest BCUT2D eigenvalue weighted by Gasteiger charge is -1.82. The lowest BCUT2D eigenvalue weighted by Crippen LogP contribution is -1.57. The molecule has 0 aliphatic carbocycles. The first kappa shape index (κ1) is 6.38. The molecule has 38 valence electrons. The molecule has 0 amide bonds. The van der Waals surface area contributed by atoms with Crippen molar-refractivity contribution in [1.82, 2.24) is 0 Å². The van der Waals surface area contributed by atoms with E-state index in [4.69, 9.17) is 4.57 Å². The zero-order chi connectivity index (χ0) is 5.21. The maximum atomic E-state index is 10.9. The van der Waals surface area contributed by atoms with Gasteiger partial charge in [0.15, 0.2) is 0 Å². The maximum Gasteiger partial charge on any atom is 0.416 e. The molecule has 0 spiro atoms. The SMILES string of the molecule is O=P(F)(F)CCl. The fraction of sp³-hybridized carbons (Fsp3) is 1.00. The van der Waals surface area contributed by atoms with Crippen molar-refractivity contribution in [3.05, 3.63) is 0 Å². The van der Waals surface area contributed by atoms with Gasteiger partial charge in [0.25, 0.3) is 0 Å². The number of hydrogen-bond donors (Lipinski definition) is 0. The summed E-state index contributed by atoms with van der Waals surface area (Å²) in [6.07, 6.45) is 0. The van der Waals surface area contributed by atoms with Crippen LogP contribution in [0.25, 0.3) is 0 Å². The van der Waals surface area contributed by atoms with Crippen LogP contribution in [0.2, 0.25) is 0 Å². The van der Waals surface area contributed by atoms with Crippen molar-refractivity contribution in [2.75, 3.05) is 5.62 Å². The highest BCUT2D eigenvalue weighted by atomic mass is 35.5. The van der Waals surface area contributed by atoms with Gasteiger partial charge in [-0.1, -0.05) is 0 Å². The van der Waals surface area contributed by atoms with E-state index < -0.39 is 13.4 Å². The normalized spacial score (nSPS) is 11.8. The van der Waals surface area contributed by atoms with Gasteiger partial charge in [0.05, 0.1) is 0 Å². The van der Waals surface area contributed by atoms with Gasteiger partial charge >= 0.3 is 7.76 Å². The average molecular weight is 134 g/mol. The molecule has 0 radical (unpaired) electrons. The van der Waals surface area contributed by atoms with Crippen LogP contribution in [0.3, 0.4) is 0 Å². The van der Waals surface area contributed by atoms with E-state index in [0.29, 0.717) is 0 Å². The Bertz CT molecular complexity index is 77.6. The molecular formula is CH2ClF2OP. The first-order valence-corrected chi connectivity index (χ1v) is 3.31. The van der Waals surface area contributed by atoms with Crippen LogP contribution in [0.5, 0.6) is 0 Å². The Morgan fingerprint density at radius 2 is 1.83 bits per heavy atom. The first-order chi connectivity index (χ1) is 2.56. The molecule has 0 aliphatic rings. The van der Waals surface area contributed by atoms with Crippen molar-refractivity contribution in [2.24, 2.45) is 0 Å². The molecular weight excluding hydrogens is 132 g/mol. The Hall–Kier alpha value is 0.380. The minimum Gasteiger partial charge on any atom is -0.249 e. The highest BCUT2D eigenvalue weighted by molar-refractivity contribution is 7.54. The Morgan fingerprint density at radius 3 is 1.83 bits per heavy atom. The van der Waals surface area contributed by atoms with Crippen LogP contribution in [-0.2, 0) is 4.57 Å². The molecule has 5 heteroatoms. The van der Waals surface area contributed by atoms with Gasteiger partial charge in [-0.15, -0.1) is 11.6 Å². The van der Waals surface area contributed by atoms with Crippen molar-refractivity contribution in [2.45, 2.75) is 0 Å². The molecule has 0 aromatic heterocycles. The van der Waals surface area contributed by atoms with Crippen LogP contribution in [-0.4, -0.2) is 5.62 Å². The number of halogens is 3. The number of hydrogen-bond acceptors (Lipinski definition) is 1. The Morgan fingerprint density at radius 1 is 1.67 bits per heavy atom. The molecule has 0 bridgehead atoms. The second kappa shape index (κ2) is 1.90.